The molecule has 0 aliphatic heterocycles. The van der Waals surface area contributed by atoms with Crippen LogP contribution in [0.4, 0.5) is 0 Å². The zero-order chi connectivity index (χ0) is 23.4. The smallest absolute Gasteiger partial charge is 0.256 e. The molecule has 2 heterocycles. The maximum atomic E-state index is 12.4. The van der Waals surface area contributed by atoms with E-state index in [1.54, 1.807) is 50.6 Å². The van der Waals surface area contributed by atoms with E-state index in [4.69, 9.17) is 15.2 Å². The molecule has 3 N–H and O–H groups in total. The molecule has 0 spiro atoms. The quantitative estimate of drug-likeness (QED) is 0.445. The molecule has 0 fully saturated rings. The van der Waals surface area contributed by atoms with Gasteiger partial charge in [0.25, 0.3) is 5.91 Å². The molecule has 9 heteroatoms. The van der Waals surface area contributed by atoms with Gasteiger partial charge in [-0.3, -0.25) is 4.79 Å². The number of ether oxygens (including phenoxy) is 2. The van der Waals surface area contributed by atoms with E-state index in [9.17, 15) is 9.90 Å². The van der Waals surface area contributed by atoms with Crippen LogP contribution in [0.3, 0.4) is 0 Å². The number of carbonyl (C=O) groups is 1. The molecule has 33 heavy (non-hydrogen) atoms. The third kappa shape index (κ3) is 4.42. The number of benzene rings is 2. The minimum Gasteiger partial charge on any atom is -0.497 e. The van der Waals surface area contributed by atoms with E-state index in [1.165, 1.54) is 6.20 Å². The zero-order valence-corrected chi connectivity index (χ0v) is 18.0. The molecular weight excluding hydrogens is 422 g/mol. The van der Waals surface area contributed by atoms with E-state index in [0.717, 1.165) is 11.1 Å². The molecule has 0 atom stereocenters. The molecule has 0 unspecified atom stereocenters. The van der Waals surface area contributed by atoms with E-state index in [-0.39, 0.29) is 17.1 Å². The minimum atomic E-state index is -0.847. The van der Waals surface area contributed by atoms with Gasteiger partial charge in [-0.1, -0.05) is 24.3 Å². The average Bonchev–Trinajstić information content (AvgIpc) is 2.85. The van der Waals surface area contributed by atoms with Crippen molar-refractivity contribution in [3.8, 4) is 28.9 Å². The molecular formula is C24H21N5O4. The van der Waals surface area contributed by atoms with E-state index in [0.29, 0.717) is 17.2 Å². The number of nitrogens with two attached hydrogens (primary N) is 1. The van der Waals surface area contributed by atoms with E-state index in [2.05, 4.69) is 20.2 Å². The SMILES string of the molecule is COc1ccc(C(c2ccc(OC)cc2)c2nc(-c3cccnn3)nc(O)c2C(N)=O)cc1. The van der Waals surface area contributed by atoms with Gasteiger partial charge in [-0.2, -0.15) is 10.1 Å². The third-order valence-corrected chi connectivity index (χ3v) is 5.14. The molecule has 2 aromatic heterocycles. The molecule has 1 amide bonds. The lowest BCUT2D eigenvalue weighted by Gasteiger charge is -2.21. The number of methoxy groups -OCH3 is 2. The van der Waals surface area contributed by atoms with Crippen LogP contribution in [0.5, 0.6) is 17.4 Å². The van der Waals surface area contributed by atoms with Crippen LogP contribution in [0.1, 0.15) is 33.1 Å². The molecule has 4 aromatic rings. The Labute approximate surface area is 189 Å². The van der Waals surface area contributed by atoms with Crippen molar-refractivity contribution in [3.05, 3.63) is 89.2 Å². The lowest BCUT2D eigenvalue weighted by molar-refractivity contribution is 0.0995. The summed E-state index contributed by atoms with van der Waals surface area (Å²) in [5.74, 6) is -0.470. The number of carbonyl (C=O) groups excluding carboxylic acids is 1. The summed E-state index contributed by atoms with van der Waals surface area (Å²) >= 11 is 0. The fraction of sp³-hybridized carbons (Fsp3) is 0.125. The Morgan fingerprint density at radius 1 is 0.909 bits per heavy atom. The Morgan fingerprint density at radius 2 is 1.48 bits per heavy atom. The Morgan fingerprint density at radius 3 is 1.94 bits per heavy atom. The topological polar surface area (TPSA) is 133 Å². The predicted octanol–water partition coefficient (Wildman–Crippen LogP) is 2.94. The van der Waals surface area contributed by atoms with Crippen LogP contribution in [0, 0.1) is 0 Å². The summed E-state index contributed by atoms with van der Waals surface area (Å²) in [4.78, 5) is 21.0. The highest BCUT2D eigenvalue weighted by Crippen LogP contribution is 2.37. The van der Waals surface area contributed by atoms with Gasteiger partial charge in [0, 0.05) is 6.20 Å². The van der Waals surface area contributed by atoms with E-state index >= 15 is 0 Å². The molecule has 0 saturated carbocycles. The number of amides is 1. The van der Waals surface area contributed by atoms with Crippen molar-refractivity contribution < 1.29 is 19.4 Å². The monoisotopic (exact) mass is 443 g/mol. The largest absolute Gasteiger partial charge is 0.497 e. The normalized spacial score (nSPS) is 10.8. The van der Waals surface area contributed by atoms with Gasteiger partial charge in [0.15, 0.2) is 5.82 Å². The van der Waals surface area contributed by atoms with Crippen molar-refractivity contribution in [2.75, 3.05) is 14.2 Å². The number of nitrogens with zero attached hydrogens (tertiary/aromatic N) is 4. The van der Waals surface area contributed by atoms with E-state index in [1.807, 2.05) is 24.3 Å². The second kappa shape index (κ2) is 9.31. The molecule has 0 bridgehead atoms. The first-order valence-corrected chi connectivity index (χ1v) is 9.98. The molecule has 2 aromatic carbocycles. The fourth-order valence-corrected chi connectivity index (χ4v) is 3.55. The fourth-order valence-electron chi connectivity index (χ4n) is 3.55. The van der Waals surface area contributed by atoms with Crippen molar-refractivity contribution in [1.29, 1.82) is 0 Å². The van der Waals surface area contributed by atoms with Crippen LogP contribution >= 0.6 is 0 Å². The summed E-state index contributed by atoms with van der Waals surface area (Å²) < 4.78 is 10.6. The summed E-state index contributed by atoms with van der Waals surface area (Å²) in [5.41, 5.74) is 7.65. The lowest BCUT2D eigenvalue weighted by atomic mass is 9.86. The summed E-state index contributed by atoms with van der Waals surface area (Å²) in [5, 5.41) is 18.5. The van der Waals surface area contributed by atoms with Gasteiger partial charge in [-0.05, 0) is 47.5 Å². The van der Waals surface area contributed by atoms with Gasteiger partial charge in [0.2, 0.25) is 5.88 Å². The van der Waals surface area contributed by atoms with Crippen LogP contribution in [-0.4, -0.2) is 45.4 Å². The van der Waals surface area contributed by atoms with Crippen LogP contribution in [-0.2, 0) is 0 Å². The number of hydrogen-bond acceptors (Lipinski definition) is 8. The lowest BCUT2D eigenvalue weighted by Crippen LogP contribution is -2.20. The molecule has 0 aliphatic rings. The molecule has 0 radical (unpaired) electrons. The highest BCUT2D eigenvalue weighted by atomic mass is 16.5. The molecule has 0 saturated heterocycles. The van der Waals surface area contributed by atoms with Crippen LogP contribution in [0.15, 0.2) is 66.9 Å². The minimum absolute atomic E-state index is 0.118. The van der Waals surface area contributed by atoms with Gasteiger partial charge < -0.3 is 20.3 Å². The first kappa shape index (κ1) is 21.7. The highest BCUT2D eigenvalue weighted by Gasteiger charge is 2.28. The second-order valence-corrected chi connectivity index (χ2v) is 7.08. The number of aromatic nitrogens is 4. The number of aromatic hydroxyl groups is 1. The van der Waals surface area contributed by atoms with Gasteiger partial charge >= 0.3 is 0 Å². The van der Waals surface area contributed by atoms with Crippen molar-refractivity contribution in [2.45, 2.75) is 5.92 Å². The number of rotatable bonds is 7. The Balaban J connectivity index is 1.98. The Hall–Kier alpha value is -4.53. The third-order valence-electron chi connectivity index (χ3n) is 5.14. The molecule has 9 nitrogen and oxygen atoms in total. The summed E-state index contributed by atoms with van der Waals surface area (Å²) in [7, 11) is 3.16. The summed E-state index contributed by atoms with van der Waals surface area (Å²) in [6.07, 6.45) is 1.51. The van der Waals surface area contributed by atoms with Crippen molar-refractivity contribution in [3.63, 3.8) is 0 Å². The van der Waals surface area contributed by atoms with Crippen LogP contribution in [0.2, 0.25) is 0 Å². The van der Waals surface area contributed by atoms with Crippen molar-refractivity contribution >= 4 is 5.91 Å². The number of hydrogen-bond donors (Lipinski definition) is 2. The van der Waals surface area contributed by atoms with Gasteiger partial charge in [-0.25, -0.2) is 4.98 Å². The zero-order valence-electron chi connectivity index (χ0n) is 18.0. The number of primary amides is 1. The Bertz CT molecular complexity index is 1220. The predicted molar refractivity (Wildman–Crippen MR) is 120 cm³/mol. The Kier molecular flexibility index (Phi) is 6.12. The van der Waals surface area contributed by atoms with Gasteiger partial charge in [-0.15, -0.1) is 5.10 Å². The maximum absolute atomic E-state index is 12.4. The standard InChI is InChI=1S/C24H21N5O4/c1-32-16-9-5-14(6-10-16)19(15-7-11-17(33-2)12-8-15)21-20(22(25)30)24(31)28-23(27-21)18-4-3-13-26-29-18/h3-13,19H,1-2H3,(H2,25,30)(H,27,28,31). The summed E-state index contributed by atoms with van der Waals surface area (Å²) in [6, 6.07) is 18.0. The van der Waals surface area contributed by atoms with Crippen LogP contribution < -0.4 is 15.2 Å². The van der Waals surface area contributed by atoms with Crippen LogP contribution in [0.25, 0.3) is 11.5 Å². The van der Waals surface area contributed by atoms with Crippen molar-refractivity contribution in [1.82, 2.24) is 20.2 Å². The molecule has 0 aliphatic carbocycles. The second-order valence-electron chi connectivity index (χ2n) is 7.08. The average molecular weight is 443 g/mol. The summed E-state index contributed by atoms with van der Waals surface area (Å²) in [6.45, 7) is 0. The van der Waals surface area contributed by atoms with E-state index < -0.39 is 17.7 Å². The first-order valence-electron chi connectivity index (χ1n) is 9.98. The molecule has 166 valence electrons. The molecule has 4 rings (SSSR count). The highest BCUT2D eigenvalue weighted by molar-refractivity contribution is 5.96. The van der Waals surface area contributed by atoms with Crippen molar-refractivity contribution in [2.24, 2.45) is 5.73 Å². The maximum Gasteiger partial charge on any atom is 0.256 e. The van der Waals surface area contributed by atoms with Gasteiger partial charge in [0.05, 0.1) is 25.8 Å². The van der Waals surface area contributed by atoms with Gasteiger partial charge in [0.1, 0.15) is 22.8 Å². The first-order chi connectivity index (χ1) is 16.0.